The highest BCUT2D eigenvalue weighted by Gasteiger charge is 2.44. The first-order valence-electron chi connectivity index (χ1n) is 22.1. The molecule has 1 fully saturated rings. The number of hydrogen-bond acceptors (Lipinski definition) is 8. The van der Waals surface area contributed by atoms with Crippen molar-refractivity contribution in [2.45, 2.75) is 236 Å². The minimum absolute atomic E-state index is 0.187. The van der Waals surface area contributed by atoms with Crippen LogP contribution in [-0.2, 0) is 14.3 Å². The van der Waals surface area contributed by atoms with E-state index >= 15 is 0 Å². The van der Waals surface area contributed by atoms with Gasteiger partial charge in [0.2, 0.25) is 5.91 Å². The van der Waals surface area contributed by atoms with Crippen molar-refractivity contribution in [3.8, 4) is 0 Å². The smallest absolute Gasteiger partial charge is 0.220 e. The Bertz CT molecular complexity index is 883. The first-order chi connectivity index (χ1) is 25.8. The number of carbonyl (C=O) groups excluding carboxylic acids is 1. The molecule has 7 atom stereocenters. The lowest BCUT2D eigenvalue weighted by molar-refractivity contribution is -0.302. The molecule has 53 heavy (non-hydrogen) atoms. The fourth-order valence-electron chi connectivity index (χ4n) is 6.91. The number of nitrogens with one attached hydrogen (secondary N) is 1. The lowest BCUT2D eigenvalue weighted by atomic mass is 9.99. The third-order valence-electron chi connectivity index (χ3n) is 10.5. The molecule has 0 aromatic carbocycles. The predicted molar refractivity (Wildman–Crippen MR) is 217 cm³/mol. The van der Waals surface area contributed by atoms with Gasteiger partial charge >= 0.3 is 0 Å². The van der Waals surface area contributed by atoms with E-state index in [1.54, 1.807) is 6.08 Å². The van der Waals surface area contributed by atoms with E-state index in [-0.39, 0.29) is 12.5 Å². The summed E-state index contributed by atoms with van der Waals surface area (Å²) >= 11 is 0. The molecule has 0 radical (unpaired) electrons. The van der Waals surface area contributed by atoms with E-state index in [2.05, 4.69) is 31.3 Å². The summed E-state index contributed by atoms with van der Waals surface area (Å²) in [5, 5.41) is 54.1. The van der Waals surface area contributed by atoms with Gasteiger partial charge in [-0.3, -0.25) is 4.79 Å². The molecule has 1 amide bonds. The van der Waals surface area contributed by atoms with E-state index in [0.29, 0.717) is 6.42 Å². The SMILES string of the molecule is CCCCC/C=C\CCCCCCCC(=O)NC(COC1OC(CO)C(O)C(O)C1O)C(O)/C=C/CCCCCCCCCCCCCCCCCC. The van der Waals surface area contributed by atoms with Gasteiger partial charge in [0.1, 0.15) is 24.4 Å². The van der Waals surface area contributed by atoms with Gasteiger partial charge in [-0.05, 0) is 44.9 Å². The van der Waals surface area contributed by atoms with Gasteiger partial charge in [-0.1, -0.05) is 167 Å². The lowest BCUT2D eigenvalue weighted by Crippen LogP contribution is -2.60. The average Bonchev–Trinajstić information content (AvgIpc) is 3.16. The number of allylic oxidation sites excluding steroid dienone is 3. The van der Waals surface area contributed by atoms with Crippen LogP contribution in [-0.4, -0.2) is 87.5 Å². The van der Waals surface area contributed by atoms with E-state index in [0.717, 1.165) is 57.8 Å². The fraction of sp³-hybridized carbons (Fsp3) is 0.886. The zero-order chi connectivity index (χ0) is 38.8. The summed E-state index contributed by atoms with van der Waals surface area (Å²) in [6.45, 7) is 3.74. The van der Waals surface area contributed by atoms with Crippen LogP contribution >= 0.6 is 0 Å². The summed E-state index contributed by atoms with van der Waals surface area (Å²) in [5.74, 6) is -0.187. The number of rotatable bonds is 36. The Labute approximate surface area is 324 Å². The molecule has 0 saturated carbocycles. The Kier molecular flexibility index (Phi) is 32.9. The van der Waals surface area contributed by atoms with E-state index in [1.807, 2.05) is 6.08 Å². The van der Waals surface area contributed by atoms with Crippen molar-refractivity contribution in [3.05, 3.63) is 24.3 Å². The van der Waals surface area contributed by atoms with E-state index in [9.17, 15) is 30.3 Å². The molecule has 0 bridgehead atoms. The second-order valence-electron chi connectivity index (χ2n) is 15.5. The normalized spacial score (nSPS) is 21.8. The molecule has 9 heteroatoms. The topological polar surface area (TPSA) is 149 Å². The minimum atomic E-state index is -1.56. The molecule has 1 rings (SSSR count). The average molecular weight is 754 g/mol. The molecule has 0 aromatic rings. The van der Waals surface area contributed by atoms with Crippen LogP contribution in [0.25, 0.3) is 0 Å². The fourth-order valence-corrected chi connectivity index (χ4v) is 6.91. The number of aliphatic hydroxyl groups is 5. The zero-order valence-electron chi connectivity index (χ0n) is 34.0. The molecule has 1 heterocycles. The third-order valence-corrected chi connectivity index (χ3v) is 10.5. The number of carbonyl (C=O) groups is 1. The Morgan fingerprint density at radius 2 is 1.06 bits per heavy atom. The second-order valence-corrected chi connectivity index (χ2v) is 15.5. The number of aliphatic hydroxyl groups excluding tert-OH is 5. The van der Waals surface area contributed by atoms with Crippen LogP contribution in [0.3, 0.4) is 0 Å². The molecule has 6 N–H and O–H groups in total. The Morgan fingerprint density at radius 1 is 0.623 bits per heavy atom. The van der Waals surface area contributed by atoms with Crippen molar-refractivity contribution in [3.63, 3.8) is 0 Å². The highest BCUT2D eigenvalue weighted by molar-refractivity contribution is 5.76. The Balaban J connectivity index is 2.38. The molecule has 1 saturated heterocycles. The monoisotopic (exact) mass is 754 g/mol. The van der Waals surface area contributed by atoms with Crippen LogP contribution in [0, 0.1) is 0 Å². The number of hydrogen-bond donors (Lipinski definition) is 6. The van der Waals surface area contributed by atoms with Crippen LogP contribution < -0.4 is 5.32 Å². The summed E-state index contributed by atoms with van der Waals surface area (Å²) in [4.78, 5) is 12.9. The standard InChI is InChI=1S/C44H83NO8/c1-3-5-7-9-11-13-15-17-18-19-20-21-22-23-25-27-29-31-33-38(47)37(36-52-44-43(51)42(50)41(49)39(35-46)53-44)45-40(48)34-32-30-28-26-24-16-14-12-10-8-6-4-2/h12,14,31,33,37-39,41-44,46-47,49-51H,3-11,13,15-30,32,34-36H2,1-2H3,(H,45,48)/b14-12-,33-31+. The van der Waals surface area contributed by atoms with Gasteiger partial charge in [-0.2, -0.15) is 0 Å². The van der Waals surface area contributed by atoms with Gasteiger partial charge in [0, 0.05) is 6.42 Å². The number of amides is 1. The maximum Gasteiger partial charge on any atom is 0.220 e. The summed E-state index contributed by atoms with van der Waals surface area (Å²) in [7, 11) is 0. The molecule has 1 aliphatic rings. The summed E-state index contributed by atoms with van der Waals surface area (Å²) in [6, 6.07) is -0.805. The zero-order valence-corrected chi connectivity index (χ0v) is 34.0. The van der Waals surface area contributed by atoms with Crippen LogP contribution in [0.4, 0.5) is 0 Å². The maximum atomic E-state index is 12.9. The van der Waals surface area contributed by atoms with Crippen LogP contribution in [0.2, 0.25) is 0 Å². The molecule has 9 nitrogen and oxygen atoms in total. The first kappa shape index (κ1) is 49.7. The van der Waals surface area contributed by atoms with Crippen molar-refractivity contribution >= 4 is 5.91 Å². The van der Waals surface area contributed by atoms with Crippen molar-refractivity contribution in [2.75, 3.05) is 13.2 Å². The highest BCUT2D eigenvalue weighted by atomic mass is 16.7. The third kappa shape index (κ3) is 26.2. The van der Waals surface area contributed by atoms with Gasteiger partial charge < -0.3 is 40.3 Å². The van der Waals surface area contributed by atoms with Gasteiger partial charge in [-0.25, -0.2) is 0 Å². The van der Waals surface area contributed by atoms with Crippen LogP contribution in [0.1, 0.15) is 194 Å². The largest absolute Gasteiger partial charge is 0.394 e. The van der Waals surface area contributed by atoms with E-state index in [1.165, 1.54) is 116 Å². The lowest BCUT2D eigenvalue weighted by Gasteiger charge is -2.40. The molecular weight excluding hydrogens is 670 g/mol. The number of unbranched alkanes of at least 4 members (excludes halogenated alkanes) is 24. The van der Waals surface area contributed by atoms with Crippen molar-refractivity contribution in [1.29, 1.82) is 0 Å². The molecule has 7 unspecified atom stereocenters. The van der Waals surface area contributed by atoms with Crippen LogP contribution in [0.15, 0.2) is 24.3 Å². The van der Waals surface area contributed by atoms with Crippen molar-refractivity contribution < 1.29 is 39.8 Å². The van der Waals surface area contributed by atoms with Crippen molar-refractivity contribution in [2.24, 2.45) is 0 Å². The molecule has 1 aliphatic heterocycles. The van der Waals surface area contributed by atoms with E-state index < -0.39 is 49.5 Å². The Morgan fingerprint density at radius 3 is 1.57 bits per heavy atom. The molecule has 0 aromatic heterocycles. The molecular formula is C44H83NO8. The van der Waals surface area contributed by atoms with Gasteiger partial charge in [-0.15, -0.1) is 0 Å². The molecule has 312 valence electrons. The summed E-state index contributed by atoms with van der Waals surface area (Å²) in [6.07, 6.45) is 33.6. The van der Waals surface area contributed by atoms with Gasteiger partial charge in [0.05, 0.1) is 25.4 Å². The summed E-state index contributed by atoms with van der Waals surface area (Å²) in [5.41, 5.74) is 0. The van der Waals surface area contributed by atoms with Crippen molar-refractivity contribution in [1.82, 2.24) is 5.32 Å². The van der Waals surface area contributed by atoms with Gasteiger partial charge in [0.15, 0.2) is 6.29 Å². The second kappa shape index (κ2) is 35.1. The minimum Gasteiger partial charge on any atom is -0.394 e. The van der Waals surface area contributed by atoms with Gasteiger partial charge in [0.25, 0.3) is 0 Å². The summed E-state index contributed by atoms with van der Waals surface area (Å²) < 4.78 is 11.2. The molecule has 0 aliphatic carbocycles. The molecule has 0 spiro atoms. The Hall–Kier alpha value is -1.33. The van der Waals surface area contributed by atoms with Crippen LogP contribution in [0.5, 0.6) is 0 Å². The maximum absolute atomic E-state index is 12.9. The first-order valence-corrected chi connectivity index (χ1v) is 22.1. The number of ether oxygens (including phenoxy) is 2. The quantitative estimate of drug-likeness (QED) is 0.0275. The van der Waals surface area contributed by atoms with E-state index in [4.69, 9.17) is 9.47 Å². The predicted octanol–water partition coefficient (Wildman–Crippen LogP) is 8.72. The highest BCUT2D eigenvalue weighted by Crippen LogP contribution is 2.22.